The molecule has 4 amide bonds. The standard InChI is InChI=1S/C39H45Cl2N19O6/c40-26-30(44)54-28(42)24(52-26)32(61)56-36(59-38(63)65-19-22-11-3-1-4-12-22)48-17-9-7-15-46-34-50-21-51-35(58-34)47-16-8-10-18-49-37(60-39(64)66-20-23-13-5-2-6-14-23)57-33(62)25-29(43)55-31(45)27(41)53-25/h1-6,11-14,21H,7-10,15-20H2,(H4,42,44,54)(H4,43,45,55)(H2,46,47,50,51,58)(H2,48,56,59,61,63)(H2,49,57,60,62,64). The van der Waals surface area contributed by atoms with E-state index in [2.05, 4.69) is 76.8 Å². The first-order valence-corrected chi connectivity index (χ1v) is 20.6. The van der Waals surface area contributed by atoms with Crippen molar-refractivity contribution in [2.45, 2.75) is 38.9 Å². The van der Waals surface area contributed by atoms with Gasteiger partial charge in [0.15, 0.2) is 45.0 Å². The van der Waals surface area contributed by atoms with E-state index in [1.807, 2.05) is 12.1 Å². The lowest BCUT2D eigenvalue weighted by molar-refractivity contribution is 0.0962. The predicted octanol–water partition coefficient (Wildman–Crippen LogP) is 2.90. The predicted molar refractivity (Wildman–Crippen MR) is 246 cm³/mol. The average Bonchev–Trinajstić information content (AvgIpc) is 3.30. The number of nitrogens with one attached hydrogen (secondary N) is 6. The summed E-state index contributed by atoms with van der Waals surface area (Å²) >= 11 is 11.9. The molecule has 3 aromatic heterocycles. The molecule has 0 bridgehead atoms. The molecule has 0 saturated heterocycles. The van der Waals surface area contributed by atoms with E-state index in [4.69, 9.17) is 55.6 Å². The number of nitrogens with two attached hydrogens (primary N) is 4. The minimum atomic E-state index is -0.962. The topological polar surface area (TPSA) is 378 Å². The molecule has 346 valence electrons. The van der Waals surface area contributed by atoms with Crippen molar-refractivity contribution in [2.24, 2.45) is 9.98 Å². The summed E-state index contributed by atoms with van der Waals surface area (Å²) in [6, 6.07) is 18.0. The summed E-state index contributed by atoms with van der Waals surface area (Å²) in [5.41, 5.74) is 23.7. The van der Waals surface area contributed by atoms with Gasteiger partial charge in [-0.15, -0.1) is 9.98 Å². The van der Waals surface area contributed by atoms with Crippen LogP contribution < -0.4 is 54.8 Å². The Kier molecular flexibility index (Phi) is 18.6. The Labute approximate surface area is 386 Å². The molecular formula is C39H45Cl2N19O6. The maximum atomic E-state index is 13.0. The van der Waals surface area contributed by atoms with Gasteiger partial charge in [-0.25, -0.2) is 39.5 Å². The lowest BCUT2D eigenvalue weighted by Crippen LogP contribution is -2.42. The molecule has 0 unspecified atom stereocenters. The molecule has 0 aliphatic carbocycles. The Hall–Kier alpha value is -8.19. The van der Waals surface area contributed by atoms with E-state index in [1.54, 1.807) is 48.5 Å². The van der Waals surface area contributed by atoms with E-state index >= 15 is 0 Å². The Morgan fingerprint density at radius 2 is 0.924 bits per heavy atom. The normalized spacial score (nSPS) is 11.2. The second kappa shape index (κ2) is 25.2. The van der Waals surface area contributed by atoms with Gasteiger partial charge in [0.25, 0.3) is 11.8 Å². The fraction of sp³-hybridized carbons (Fsp3) is 0.256. The number of hydrogen-bond donors (Lipinski definition) is 10. The number of ether oxygens (including phenoxy) is 2. The number of unbranched alkanes of at least 4 members (excludes halogenated alkanes) is 2. The van der Waals surface area contributed by atoms with E-state index < -0.39 is 24.0 Å². The number of aromatic nitrogens is 7. The van der Waals surface area contributed by atoms with Crippen LogP contribution in [0, 0.1) is 0 Å². The van der Waals surface area contributed by atoms with Crippen molar-refractivity contribution in [3.8, 4) is 0 Å². The first-order valence-electron chi connectivity index (χ1n) is 19.9. The zero-order chi connectivity index (χ0) is 47.3. The van der Waals surface area contributed by atoms with Crippen LogP contribution >= 0.6 is 23.2 Å². The molecule has 0 radical (unpaired) electrons. The molecule has 2 aromatic carbocycles. The number of hydrogen-bond acceptors (Lipinski definition) is 19. The maximum absolute atomic E-state index is 13.0. The third kappa shape index (κ3) is 16.2. The molecule has 27 heteroatoms. The second-order valence-corrected chi connectivity index (χ2v) is 14.1. The number of benzene rings is 2. The summed E-state index contributed by atoms with van der Waals surface area (Å²) in [5, 5.41) is 16.5. The van der Waals surface area contributed by atoms with Crippen LogP contribution in [0.25, 0.3) is 0 Å². The molecule has 0 aliphatic rings. The highest BCUT2D eigenvalue weighted by Gasteiger charge is 2.20. The van der Waals surface area contributed by atoms with E-state index in [9.17, 15) is 19.2 Å². The van der Waals surface area contributed by atoms with Crippen LogP contribution in [0.2, 0.25) is 10.3 Å². The summed E-state index contributed by atoms with van der Waals surface area (Å²) in [5.74, 6) is -2.34. The molecule has 66 heavy (non-hydrogen) atoms. The molecule has 5 rings (SSSR count). The Bertz CT molecular complexity index is 2350. The van der Waals surface area contributed by atoms with Crippen LogP contribution in [0.5, 0.6) is 0 Å². The number of amides is 4. The quantitative estimate of drug-likeness (QED) is 0.0343. The molecular weight excluding hydrogens is 901 g/mol. The van der Waals surface area contributed by atoms with Gasteiger partial charge in [-0.05, 0) is 36.8 Å². The Balaban J connectivity index is 1.05. The number of nitrogens with zero attached hydrogens (tertiary/aromatic N) is 9. The molecule has 25 nitrogen and oxygen atoms in total. The molecule has 0 saturated carbocycles. The number of aliphatic imine (C=N–C) groups is 2. The zero-order valence-corrected chi connectivity index (χ0v) is 36.5. The number of anilines is 6. The first-order chi connectivity index (χ1) is 31.8. The first kappa shape index (κ1) is 48.8. The minimum absolute atomic E-state index is 0.0406. The number of rotatable bonds is 18. The number of carbonyl (C=O) groups is 4. The van der Waals surface area contributed by atoms with E-state index in [0.717, 1.165) is 11.1 Å². The lowest BCUT2D eigenvalue weighted by atomic mass is 10.2. The maximum Gasteiger partial charge on any atom is 0.437 e. The van der Waals surface area contributed by atoms with E-state index in [1.165, 1.54) is 6.33 Å². The highest BCUT2D eigenvalue weighted by Crippen LogP contribution is 2.18. The highest BCUT2D eigenvalue weighted by molar-refractivity contribution is 6.32. The Morgan fingerprint density at radius 1 is 0.530 bits per heavy atom. The molecule has 0 spiro atoms. The molecule has 5 aromatic rings. The third-order valence-corrected chi connectivity index (χ3v) is 9.01. The van der Waals surface area contributed by atoms with Crippen LogP contribution in [-0.4, -0.2) is 97.0 Å². The van der Waals surface area contributed by atoms with Gasteiger partial charge < -0.3 is 53.7 Å². The van der Waals surface area contributed by atoms with Gasteiger partial charge in [-0.1, -0.05) is 83.9 Å². The SMILES string of the molecule is Nc1nc(N)c(C(=O)N/C(=N/C(=O)OCc2ccccc2)NCCCCNc2ncnc(NCCCCN/C(=N\C(=O)OCc3ccccc3)NC(=O)c3nc(Cl)c(N)nc3N)n2)nc1Cl. The third-order valence-electron chi connectivity index (χ3n) is 8.45. The van der Waals surface area contributed by atoms with E-state index in [-0.39, 0.29) is 83.2 Å². The van der Waals surface area contributed by atoms with Gasteiger partial charge in [0.2, 0.25) is 23.8 Å². The zero-order valence-electron chi connectivity index (χ0n) is 35.0. The fourth-order valence-corrected chi connectivity index (χ4v) is 5.49. The van der Waals surface area contributed by atoms with Gasteiger partial charge in [0, 0.05) is 26.2 Å². The minimum Gasteiger partial charge on any atom is -0.443 e. The molecule has 0 fully saturated rings. The van der Waals surface area contributed by atoms with Crippen molar-refractivity contribution in [1.29, 1.82) is 0 Å². The largest absolute Gasteiger partial charge is 0.443 e. The van der Waals surface area contributed by atoms with Crippen LogP contribution in [0.1, 0.15) is 57.8 Å². The lowest BCUT2D eigenvalue weighted by Gasteiger charge is -2.13. The van der Waals surface area contributed by atoms with Crippen molar-refractivity contribution in [2.75, 3.05) is 59.7 Å². The van der Waals surface area contributed by atoms with E-state index in [0.29, 0.717) is 50.7 Å². The summed E-state index contributed by atoms with van der Waals surface area (Å²) in [6.45, 7) is 1.37. The molecule has 3 heterocycles. The van der Waals surface area contributed by atoms with Gasteiger partial charge in [-0.2, -0.15) is 4.98 Å². The van der Waals surface area contributed by atoms with Crippen molar-refractivity contribution >= 4 is 94.3 Å². The van der Waals surface area contributed by atoms with Gasteiger partial charge in [-0.3, -0.25) is 20.2 Å². The fourth-order valence-electron chi connectivity index (χ4n) is 5.24. The molecule has 0 atom stereocenters. The van der Waals surface area contributed by atoms with Gasteiger partial charge in [0.1, 0.15) is 19.5 Å². The van der Waals surface area contributed by atoms with Crippen molar-refractivity contribution in [1.82, 2.24) is 56.2 Å². The summed E-state index contributed by atoms with van der Waals surface area (Å²) < 4.78 is 10.5. The van der Waals surface area contributed by atoms with Crippen LogP contribution in [0.15, 0.2) is 77.0 Å². The van der Waals surface area contributed by atoms with Crippen LogP contribution in [-0.2, 0) is 22.7 Å². The van der Waals surface area contributed by atoms with Gasteiger partial charge in [0.05, 0.1) is 0 Å². The van der Waals surface area contributed by atoms with Gasteiger partial charge >= 0.3 is 12.2 Å². The monoisotopic (exact) mass is 945 g/mol. The average molecular weight is 947 g/mol. The number of carbonyl (C=O) groups excluding carboxylic acids is 4. The number of halogens is 2. The highest BCUT2D eigenvalue weighted by atomic mass is 35.5. The number of guanidine groups is 2. The summed E-state index contributed by atoms with van der Waals surface area (Å²) in [6.07, 6.45) is 1.72. The molecule has 0 aliphatic heterocycles. The molecule has 14 N–H and O–H groups in total. The van der Waals surface area contributed by atoms with Crippen molar-refractivity contribution in [3.63, 3.8) is 0 Å². The number of nitrogen functional groups attached to an aromatic ring is 4. The van der Waals surface area contributed by atoms with Crippen LogP contribution in [0.3, 0.4) is 0 Å². The van der Waals surface area contributed by atoms with Crippen LogP contribution in [0.4, 0.5) is 44.8 Å². The smallest absolute Gasteiger partial charge is 0.437 e. The summed E-state index contributed by atoms with van der Waals surface area (Å²) in [7, 11) is 0. The Morgan fingerprint density at radius 3 is 1.33 bits per heavy atom. The summed E-state index contributed by atoms with van der Waals surface area (Å²) in [4.78, 5) is 86.9. The van der Waals surface area contributed by atoms with Crippen molar-refractivity contribution in [3.05, 3.63) is 99.8 Å². The van der Waals surface area contributed by atoms with Crippen molar-refractivity contribution < 1.29 is 28.7 Å². The second-order valence-electron chi connectivity index (χ2n) is 13.4.